The lowest BCUT2D eigenvalue weighted by molar-refractivity contribution is -0.140. The Kier molecular flexibility index (Phi) is 9.46. The number of carbonyl (C=O) groups excluding carboxylic acids is 2. The van der Waals surface area contributed by atoms with Crippen LogP contribution in [0.5, 0.6) is 0 Å². The van der Waals surface area contributed by atoms with Gasteiger partial charge in [-0.1, -0.05) is 65.2 Å². The zero-order valence-electron chi connectivity index (χ0n) is 23.2. The third kappa shape index (κ3) is 7.83. The van der Waals surface area contributed by atoms with Crippen LogP contribution in [0.3, 0.4) is 0 Å². The van der Waals surface area contributed by atoms with Gasteiger partial charge in [-0.05, 0) is 77.4 Å². The first-order valence-corrected chi connectivity index (χ1v) is 14.5. The Bertz CT molecular complexity index is 1420. The largest absolute Gasteiger partial charge is 0.350 e. The number of carbonyl (C=O) groups is 2. The summed E-state index contributed by atoms with van der Waals surface area (Å²) in [5.74, 6) is -0.895. The van der Waals surface area contributed by atoms with Crippen molar-refractivity contribution in [2.24, 2.45) is 0 Å². The number of benzene rings is 3. The molecule has 208 valence electrons. The van der Waals surface area contributed by atoms with E-state index < -0.39 is 34.1 Å². The predicted octanol–water partition coefficient (Wildman–Crippen LogP) is 5.48. The van der Waals surface area contributed by atoms with E-state index in [1.54, 1.807) is 67.6 Å². The molecule has 3 rings (SSSR count). The van der Waals surface area contributed by atoms with E-state index in [9.17, 15) is 18.0 Å². The molecule has 3 aromatic carbocycles. The molecule has 3 aromatic rings. The second-order valence-electron chi connectivity index (χ2n) is 10.7. The van der Waals surface area contributed by atoms with Crippen molar-refractivity contribution in [3.63, 3.8) is 0 Å². The van der Waals surface area contributed by atoms with Crippen LogP contribution < -0.4 is 9.62 Å². The van der Waals surface area contributed by atoms with E-state index in [0.717, 1.165) is 15.4 Å². The maximum atomic E-state index is 13.9. The van der Waals surface area contributed by atoms with E-state index in [1.807, 2.05) is 34.6 Å². The van der Waals surface area contributed by atoms with Crippen LogP contribution in [-0.2, 0) is 26.2 Å². The van der Waals surface area contributed by atoms with Gasteiger partial charge < -0.3 is 10.2 Å². The summed E-state index contributed by atoms with van der Waals surface area (Å²) < 4.78 is 28.8. The summed E-state index contributed by atoms with van der Waals surface area (Å²) in [6.45, 7) is 10.5. The van der Waals surface area contributed by atoms with E-state index in [2.05, 4.69) is 5.32 Å². The molecule has 0 aliphatic heterocycles. The highest BCUT2D eigenvalue weighted by molar-refractivity contribution is 7.92. The standard InChI is InChI=1S/C30H36ClN3O4S/c1-21-11-15-25(16-12-21)34(39(37,38)26-17-13-22(2)14-18-26)20-28(35)33(19-24-9-7-8-10-27(24)31)23(3)29(36)32-30(4,5)6/h7-18,23H,19-20H2,1-6H3,(H,32,36)/t23-/m0/s1. The van der Waals surface area contributed by atoms with Crippen molar-refractivity contribution in [3.8, 4) is 0 Å². The number of hydrogen-bond acceptors (Lipinski definition) is 4. The molecule has 0 aromatic heterocycles. The number of anilines is 1. The van der Waals surface area contributed by atoms with E-state index in [0.29, 0.717) is 16.3 Å². The van der Waals surface area contributed by atoms with Crippen molar-refractivity contribution in [1.82, 2.24) is 10.2 Å². The first-order chi connectivity index (χ1) is 18.2. The van der Waals surface area contributed by atoms with Crippen LogP contribution in [0.4, 0.5) is 5.69 Å². The van der Waals surface area contributed by atoms with E-state index in [4.69, 9.17) is 11.6 Å². The quantitative estimate of drug-likeness (QED) is 0.369. The maximum absolute atomic E-state index is 13.9. The smallest absolute Gasteiger partial charge is 0.264 e. The van der Waals surface area contributed by atoms with Crippen molar-refractivity contribution < 1.29 is 18.0 Å². The van der Waals surface area contributed by atoms with Gasteiger partial charge in [0.05, 0.1) is 10.6 Å². The highest BCUT2D eigenvalue weighted by atomic mass is 35.5. The molecule has 0 spiro atoms. The second-order valence-corrected chi connectivity index (χ2v) is 13.0. The number of amides is 2. The van der Waals surface area contributed by atoms with Crippen LogP contribution >= 0.6 is 11.6 Å². The lowest BCUT2D eigenvalue weighted by atomic mass is 10.1. The van der Waals surface area contributed by atoms with Gasteiger partial charge in [0.2, 0.25) is 11.8 Å². The SMILES string of the molecule is Cc1ccc(N(CC(=O)N(Cc2ccccc2Cl)[C@@H](C)C(=O)NC(C)(C)C)S(=O)(=O)c2ccc(C)cc2)cc1. The lowest BCUT2D eigenvalue weighted by Crippen LogP contribution is -2.54. The van der Waals surface area contributed by atoms with Crippen molar-refractivity contribution in [2.75, 3.05) is 10.8 Å². The highest BCUT2D eigenvalue weighted by Gasteiger charge is 2.33. The minimum atomic E-state index is -4.11. The van der Waals surface area contributed by atoms with Gasteiger partial charge in [-0.2, -0.15) is 0 Å². The number of rotatable bonds is 9. The van der Waals surface area contributed by atoms with Gasteiger partial charge in [-0.3, -0.25) is 13.9 Å². The number of halogens is 1. The minimum Gasteiger partial charge on any atom is -0.350 e. The van der Waals surface area contributed by atoms with Gasteiger partial charge in [-0.15, -0.1) is 0 Å². The summed E-state index contributed by atoms with van der Waals surface area (Å²) in [6, 6.07) is 19.6. The lowest BCUT2D eigenvalue weighted by Gasteiger charge is -2.33. The van der Waals surface area contributed by atoms with Crippen LogP contribution in [0.2, 0.25) is 5.02 Å². The number of aryl methyl sites for hydroxylation is 2. The van der Waals surface area contributed by atoms with Crippen LogP contribution in [0, 0.1) is 13.8 Å². The Hall–Kier alpha value is -3.36. The first kappa shape index (κ1) is 30.2. The van der Waals surface area contributed by atoms with Gasteiger partial charge >= 0.3 is 0 Å². The van der Waals surface area contributed by atoms with Gasteiger partial charge in [0.15, 0.2) is 0 Å². The Morgan fingerprint density at radius 1 is 0.897 bits per heavy atom. The maximum Gasteiger partial charge on any atom is 0.264 e. The molecule has 0 heterocycles. The van der Waals surface area contributed by atoms with Gasteiger partial charge in [0.25, 0.3) is 10.0 Å². The Morgan fingerprint density at radius 2 is 1.44 bits per heavy atom. The molecule has 39 heavy (non-hydrogen) atoms. The average Bonchev–Trinajstić information content (AvgIpc) is 2.86. The number of sulfonamides is 1. The molecule has 0 saturated heterocycles. The van der Waals surface area contributed by atoms with Crippen molar-refractivity contribution in [3.05, 3.63) is 94.5 Å². The van der Waals surface area contributed by atoms with Crippen LogP contribution in [0.1, 0.15) is 44.4 Å². The third-order valence-corrected chi connectivity index (χ3v) is 8.33. The normalized spacial score (nSPS) is 12.5. The van der Waals surface area contributed by atoms with Gasteiger partial charge in [0.1, 0.15) is 12.6 Å². The molecule has 0 unspecified atom stereocenters. The van der Waals surface area contributed by atoms with Gasteiger partial charge in [-0.25, -0.2) is 8.42 Å². The van der Waals surface area contributed by atoms with Crippen LogP contribution in [-0.4, -0.2) is 43.3 Å². The topological polar surface area (TPSA) is 86.8 Å². The Morgan fingerprint density at radius 3 is 1.97 bits per heavy atom. The monoisotopic (exact) mass is 569 g/mol. The fraction of sp³-hybridized carbons (Fsp3) is 0.333. The summed E-state index contributed by atoms with van der Waals surface area (Å²) in [4.78, 5) is 28.5. The number of nitrogens with zero attached hydrogens (tertiary/aromatic N) is 2. The van der Waals surface area contributed by atoms with Crippen molar-refractivity contribution >= 4 is 39.1 Å². The fourth-order valence-corrected chi connectivity index (χ4v) is 5.55. The Labute approximate surface area is 236 Å². The van der Waals surface area contributed by atoms with Crippen LogP contribution in [0.25, 0.3) is 0 Å². The fourth-order valence-electron chi connectivity index (χ4n) is 3.94. The van der Waals surface area contributed by atoms with E-state index >= 15 is 0 Å². The van der Waals surface area contributed by atoms with E-state index in [-0.39, 0.29) is 17.3 Å². The number of nitrogens with one attached hydrogen (secondary N) is 1. The molecule has 0 bridgehead atoms. The molecule has 0 fully saturated rings. The molecule has 0 saturated carbocycles. The van der Waals surface area contributed by atoms with Crippen LogP contribution in [0.15, 0.2) is 77.7 Å². The molecule has 1 atom stereocenters. The molecular formula is C30H36ClN3O4S. The molecule has 7 nitrogen and oxygen atoms in total. The molecular weight excluding hydrogens is 534 g/mol. The minimum absolute atomic E-state index is 0.0313. The third-order valence-electron chi connectivity index (χ3n) is 6.17. The molecule has 9 heteroatoms. The molecule has 1 N–H and O–H groups in total. The van der Waals surface area contributed by atoms with E-state index in [1.165, 1.54) is 17.0 Å². The second kappa shape index (κ2) is 12.2. The zero-order chi connectivity index (χ0) is 29.0. The number of hydrogen-bond donors (Lipinski definition) is 1. The molecule has 0 radical (unpaired) electrons. The zero-order valence-corrected chi connectivity index (χ0v) is 24.8. The summed E-state index contributed by atoms with van der Waals surface area (Å²) in [6.07, 6.45) is 0. The predicted molar refractivity (Wildman–Crippen MR) is 156 cm³/mol. The van der Waals surface area contributed by atoms with Crippen molar-refractivity contribution in [2.45, 2.75) is 64.6 Å². The summed E-state index contributed by atoms with van der Waals surface area (Å²) in [5.41, 5.74) is 2.33. The Balaban J connectivity index is 2.04. The summed E-state index contributed by atoms with van der Waals surface area (Å²) in [5, 5.41) is 3.36. The van der Waals surface area contributed by atoms with Crippen molar-refractivity contribution in [1.29, 1.82) is 0 Å². The molecule has 0 aliphatic rings. The summed E-state index contributed by atoms with van der Waals surface area (Å²) >= 11 is 6.40. The molecule has 0 aliphatic carbocycles. The summed E-state index contributed by atoms with van der Waals surface area (Å²) in [7, 11) is -4.11. The first-order valence-electron chi connectivity index (χ1n) is 12.7. The van der Waals surface area contributed by atoms with Gasteiger partial charge in [0, 0.05) is 17.1 Å². The molecule has 2 amide bonds. The highest BCUT2D eigenvalue weighted by Crippen LogP contribution is 2.26. The average molecular weight is 570 g/mol.